The predicted molar refractivity (Wildman–Crippen MR) is 111 cm³/mol. The molecule has 0 atom stereocenters. The molecular weight excluding hydrogens is 374 g/mol. The first-order valence-electron chi connectivity index (χ1n) is 9.58. The summed E-state index contributed by atoms with van der Waals surface area (Å²) in [5.74, 6) is -0.540. The standard InChI is InChI=1S/C21H23N3O3S/c1-14(2)23-12-15(16-7-3-4-8-17(16)23)11-18-20(26)24(21(27)28-18)13-19(25)22-9-5-6-10-22/h3-4,7-8,11-12,14H,5-6,9-10,13H2,1-2H3/b18-11+. The smallest absolute Gasteiger partial charge is 0.294 e. The highest BCUT2D eigenvalue weighted by Gasteiger charge is 2.37. The van der Waals surface area contributed by atoms with Crippen LogP contribution in [0.25, 0.3) is 17.0 Å². The number of likely N-dealkylation sites (tertiary alicyclic amines) is 1. The van der Waals surface area contributed by atoms with Crippen LogP contribution >= 0.6 is 11.8 Å². The number of hydrogen-bond donors (Lipinski definition) is 0. The summed E-state index contributed by atoms with van der Waals surface area (Å²) in [5, 5.41) is 0.660. The molecule has 0 radical (unpaired) electrons. The highest BCUT2D eigenvalue weighted by molar-refractivity contribution is 8.18. The number of amides is 3. The monoisotopic (exact) mass is 397 g/mol. The second-order valence-electron chi connectivity index (χ2n) is 7.46. The van der Waals surface area contributed by atoms with Gasteiger partial charge in [-0.05, 0) is 50.6 Å². The lowest BCUT2D eigenvalue weighted by Crippen LogP contribution is -2.40. The van der Waals surface area contributed by atoms with Gasteiger partial charge < -0.3 is 9.47 Å². The van der Waals surface area contributed by atoms with Crippen molar-refractivity contribution >= 4 is 45.8 Å². The Morgan fingerprint density at radius 3 is 2.61 bits per heavy atom. The van der Waals surface area contributed by atoms with Gasteiger partial charge in [-0.2, -0.15) is 0 Å². The van der Waals surface area contributed by atoms with Crippen LogP contribution in [0.3, 0.4) is 0 Å². The van der Waals surface area contributed by atoms with Gasteiger partial charge in [0.1, 0.15) is 6.54 Å². The highest BCUT2D eigenvalue weighted by Crippen LogP contribution is 2.34. The quantitative estimate of drug-likeness (QED) is 0.735. The number of carbonyl (C=O) groups excluding carboxylic acids is 3. The molecule has 2 aliphatic heterocycles. The molecule has 1 aromatic carbocycles. The number of rotatable bonds is 4. The van der Waals surface area contributed by atoms with Crippen LogP contribution in [0.1, 0.15) is 38.3 Å². The van der Waals surface area contributed by atoms with Gasteiger partial charge in [-0.15, -0.1) is 0 Å². The molecule has 2 saturated heterocycles. The van der Waals surface area contributed by atoms with E-state index in [4.69, 9.17) is 0 Å². The molecule has 1 aromatic heterocycles. The summed E-state index contributed by atoms with van der Waals surface area (Å²) >= 11 is 0.906. The molecule has 3 heterocycles. The minimum absolute atomic E-state index is 0.155. The summed E-state index contributed by atoms with van der Waals surface area (Å²) in [6.45, 7) is 5.46. The van der Waals surface area contributed by atoms with Crippen LogP contribution in [0.2, 0.25) is 0 Å². The Labute approximate surface area is 168 Å². The second kappa shape index (κ2) is 7.47. The molecule has 0 N–H and O–H groups in total. The zero-order valence-electron chi connectivity index (χ0n) is 16.1. The summed E-state index contributed by atoms with van der Waals surface area (Å²) in [5.41, 5.74) is 1.99. The molecule has 6 nitrogen and oxygen atoms in total. The second-order valence-corrected chi connectivity index (χ2v) is 8.45. The minimum Gasteiger partial charge on any atom is -0.344 e. The van der Waals surface area contributed by atoms with Crippen LogP contribution in [0.15, 0.2) is 35.4 Å². The van der Waals surface area contributed by atoms with Gasteiger partial charge in [-0.3, -0.25) is 19.3 Å². The molecule has 3 amide bonds. The van der Waals surface area contributed by atoms with Gasteiger partial charge >= 0.3 is 0 Å². The number of hydrogen-bond acceptors (Lipinski definition) is 4. The summed E-state index contributed by atoms with van der Waals surface area (Å²) in [7, 11) is 0. The first kappa shape index (κ1) is 18.8. The first-order chi connectivity index (χ1) is 13.5. The van der Waals surface area contributed by atoms with Crippen LogP contribution in [-0.2, 0) is 9.59 Å². The Bertz CT molecular complexity index is 986. The Morgan fingerprint density at radius 1 is 1.18 bits per heavy atom. The molecule has 146 valence electrons. The van der Waals surface area contributed by atoms with Crippen molar-refractivity contribution < 1.29 is 14.4 Å². The van der Waals surface area contributed by atoms with Gasteiger partial charge in [-0.25, -0.2) is 0 Å². The molecule has 2 aliphatic rings. The molecule has 2 fully saturated rings. The van der Waals surface area contributed by atoms with Crippen LogP contribution in [0.4, 0.5) is 4.79 Å². The lowest BCUT2D eigenvalue weighted by atomic mass is 10.1. The van der Waals surface area contributed by atoms with Gasteiger partial charge in [0.05, 0.1) is 4.91 Å². The third-order valence-corrected chi connectivity index (χ3v) is 6.15. The van der Waals surface area contributed by atoms with Crippen molar-refractivity contribution in [2.75, 3.05) is 19.6 Å². The van der Waals surface area contributed by atoms with Crippen molar-refractivity contribution in [3.8, 4) is 0 Å². The Hall–Kier alpha value is -2.54. The van der Waals surface area contributed by atoms with E-state index in [1.165, 1.54) is 0 Å². The van der Waals surface area contributed by atoms with Gasteiger partial charge in [0.15, 0.2) is 0 Å². The van der Waals surface area contributed by atoms with E-state index in [9.17, 15) is 14.4 Å². The Balaban J connectivity index is 1.61. The molecule has 0 unspecified atom stereocenters. The number of imide groups is 1. The summed E-state index contributed by atoms with van der Waals surface area (Å²) < 4.78 is 2.16. The van der Waals surface area contributed by atoms with Crippen molar-refractivity contribution in [2.45, 2.75) is 32.7 Å². The van der Waals surface area contributed by atoms with Crippen LogP contribution < -0.4 is 0 Å². The molecule has 0 spiro atoms. The molecule has 2 aromatic rings. The molecule has 0 aliphatic carbocycles. The van der Waals surface area contributed by atoms with Gasteiger partial charge in [0.25, 0.3) is 11.1 Å². The lowest BCUT2D eigenvalue weighted by molar-refractivity contribution is -0.135. The largest absolute Gasteiger partial charge is 0.344 e. The number of benzene rings is 1. The van der Waals surface area contributed by atoms with Crippen LogP contribution in [-0.4, -0.2) is 51.1 Å². The SMILES string of the molecule is CC(C)n1cc(/C=C2/SC(=O)N(CC(=O)N3CCCC3)C2=O)c2ccccc21. The number of aromatic nitrogens is 1. The van der Waals surface area contributed by atoms with E-state index in [2.05, 4.69) is 18.4 Å². The van der Waals surface area contributed by atoms with Crippen molar-refractivity contribution in [1.29, 1.82) is 0 Å². The fourth-order valence-electron chi connectivity index (χ4n) is 3.75. The molecule has 4 rings (SSSR count). The van der Waals surface area contributed by atoms with Crippen molar-refractivity contribution in [3.05, 3.63) is 40.9 Å². The average molecular weight is 398 g/mol. The van der Waals surface area contributed by atoms with E-state index in [0.717, 1.165) is 46.0 Å². The fraction of sp³-hybridized carbons (Fsp3) is 0.381. The van der Waals surface area contributed by atoms with E-state index in [1.54, 1.807) is 11.0 Å². The molecular formula is C21H23N3O3S. The number of carbonyl (C=O) groups is 3. The molecule has 28 heavy (non-hydrogen) atoms. The van der Waals surface area contributed by atoms with E-state index < -0.39 is 0 Å². The molecule has 0 saturated carbocycles. The summed E-state index contributed by atoms with van der Waals surface area (Å²) in [6, 6.07) is 8.29. The third kappa shape index (κ3) is 3.35. The zero-order valence-corrected chi connectivity index (χ0v) is 16.9. The van der Waals surface area contributed by atoms with Crippen molar-refractivity contribution in [2.24, 2.45) is 0 Å². The van der Waals surface area contributed by atoms with Crippen LogP contribution in [0.5, 0.6) is 0 Å². The summed E-state index contributed by atoms with van der Waals surface area (Å²) in [6.07, 6.45) is 5.74. The van der Waals surface area contributed by atoms with E-state index >= 15 is 0 Å². The van der Waals surface area contributed by atoms with E-state index in [1.807, 2.05) is 30.5 Å². The van der Waals surface area contributed by atoms with E-state index in [-0.39, 0.29) is 29.6 Å². The van der Waals surface area contributed by atoms with Crippen LogP contribution in [0, 0.1) is 0 Å². The molecule has 7 heteroatoms. The zero-order chi connectivity index (χ0) is 19.8. The van der Waals surface area contributed by atoms with Crippen molar-refractivity contribution in [3.63, 3.8) is 0 Å². The number of fused-ring (bicyclic) bond motifs is 1. The number of thioether (sulfide) groups is 1. The maximum Gasteiger partial charge on any atom is 0.294 e. The topological polar surface area (TPSA) is 62.6 Å². The van der Waals surface area contributed by atoms with E-state index in [0.29, 0.717) is 18.0 Å². The fourth-order valence-corrected chi connectivity index (χ4v) is 4.58. The Morgan fingerprint density at radius 2 is 1.89 bits per heavy atom. The normalized spacial score (nSPS) is 19.0. The first-order valence-corrected chi connectivity index (χ1v) is 10.4. The maximum atomic E-state index is 12.8. The average Bonchev–Trinajstić information content (AvgIpc) is 3.38. The maximum absolute atomic E-state index is 12.8. The highest BCUT2D eigenvalue weighted by atomic mass is 32.2. The Kier molecular flexibility index (Phi) is 5.02. The number of para-hydroxylation sites is 1. The number of nitrogens with zero attached hydrogens (tertiary/aromatic N) is 3. The van der Waals surface area contributed by atoms with Gasteiger partial charge in [0.2, 0.25) is 5.91 Å². The van der Waals surface area contributed by atoms with Gasteiger partial charge in [0, 0.05) is 41.8 Å². The lowest BCUT2D eigenvalue weighted by Gasteiger charge is -2.18. The van der Waals surface area contributed by atoms with Gasteiger partial charge in [-0.1, -0.05) is 18.2 Å². The summed E-state index contributed by atoms with van der Waals surface area (Å²) in [4.78, 5) is 40.7. The molecule has 0 bridgehead atoms. The third-order valence-electron chi connectivity index (χ3n) is 5.24. The van der Waals surface area contributed by atoms with Crippen molar-refractivity contribution in [1.82, 2.24) is 14.4 Å². The minimum atomic E-state index is -0.385. The predicted octanol–water partition coefficient (Wildman–Crippen LogP) is 3.88.